The Morgan fingerprint density at radius 2 is 1.75 bits per heavy atom. The quantitative estimate of drug-likeness (QED) is 0.501. The SMILES string of the molecule is COC(c1ccc2c(c1)[N+]([O-])=C1C2=CC(C)(C)CC1(C)C)N1CCCCCC1. The van der Waals surface area contributed by atoms with E-state index in [9.17, 15) is 5.21 Å². The molecule has 1 aromatic carbocycles. The van der Waals surface area contributed by atoms with Crippen molar-refractivity contribution < 1.29 is 9.48 Å². The van der Waals surface area contributed by atoms with E-state index in [4.69, 9.17) is 4.74 Å². The molecule has 0 N–H and O–H groups in total. The summed E-state index contributed by atoms with van der Waals surface area (Å²) in [6.45, 7) is 11.0. The first-order valence-corrected chi connectivity index (χ1v) is 10.7. The average Bonchev–Trinajstić information content (AvgIpc) is 2.78. The van der Waals surface area contributed by atoms with Crippen LogP contribution in [0, 0.1) is 16.0 Å². The molecule has 0 amide bonds. The van der Waals surface area contributed by atoms with E-state index in [1.807, 2.05) is 0 Å². The number of nitrogens with zero attached hydrogens (tertiary/aromatic N) is 2. The van der Waals surface area contributed by atoms with E-state index < -0.39 is 0 Å². The number of ether oxygens (including phenoxy) is 1. The summed E-state index contributed by atoms with van der Waals surface area (Å²) in [5.74, 6) is 0. The third-order valence-corrected chi connectivity index (χ3v) is 6.54. The fourth-order valence-electron chi connectivity index (χ4n) is 5.73. The molecule has 4 nitrogen and oxygen atoms in total. The molecule has 0 radical (unpaired) electrons. The lowest BCUT2D eigenvalue weighted by molar-refractivity contribution is -0.361. The van der Waals surface area contributed by atoms with E-state index in [1.54, 1.807) is 7.11 Å². The zero-order valence-electron chi connectivity index (χ0n) is 18.0. The first-order valence-electron chi connectivity index (χ1n) is 10.7. The van der Waals surface area contributed by atoms with Gasteiger partial charge in [-0.25, -0.2) is 0 Å². The van der Waals surface area contributed by atoms with Gasteiger partial charge in [-0.3, -0.25) is 4.90 Å². The van der Waals surface area contributed by atoms with Crippen LogP contribution in [0.4, 0.5) is 5.69 Å². The van der Waals surface area contributed by atoms with Gasteiger partial charge in [0.25, 0.3) is 0 Å². The number of fused-ring (bicyclic) bond motifs is 3. The van der Waals surface area contributed by atoms with Crippen LogP contribution in [0.25, 0.3) is 5.57 Å². The summed E-state index contributed by atoms with van der Waals surface area (Å²) in [6, 6.07) is 6.36. The van der Waals surface area contributed by atoms with Gasteiger partial charge in [0.2, 0.25) is 11.4 Å². The van der Waals surface area contributed by atoms with Crippen molar-refractivity contribution in [2.45, 2.75) is 66.0 Å². The van der Waals surface area contributed by atoms with E-state index in [0.29, 0.717) is 0 Å². The monoisotopic (exact) mass is 382 g/mol. The number of hydrogen-bond donors (Lipinski definition) is 0. The van der Waals surface area contributed by atoms with Crippen molar-refractivity contribution in [2.24, 2.45) is 10.8 Å². The molecule has 3 aliphatic rings. The lowest BCUT2D eigenvalue weighted by atomic mass is 9.65. The zero-order valence-corrected chi connectivity index (χ0v) is 18.0. The van der Waals surface area contributed by atoms with Gasteiger partial charge in [0.15, 0.2) is 0 Å². The molecule has 2 heterocycles. The van der Waals surface area contributed by atoms with Crippen LogP contribution in [0.15, 0.2) is 24.3 Å². The van der Waals surface area contributed by atoms with E-state index >= 15 is 0 Å². The third-order valence-electron chi connectivity index (χ3n) is 6.54. The standard InChI is InChI=1S/C24H34N2O2/c1-23(2)15-19-18-11-10-17(22(28-5)25-12-8-6-7-9-13-25)14-20(18)26(27)21(19)24(3,4)16-23/h10-11,14-15,22H,6-9,12-13,16H2,1-5H3. The fourth-order valence-corrected chi connectivity index (χ4v) is 5.73. The number of rotatable bonds is 3. The Kier molecular flexibility index (Phi) is 4.91. The van der Waals surface area contributed by atoms with Gasteiger partial charge in [-0.05, 0) is 44.6 Å². The molecule has 0 aromatic heterocycles. The Labute approximate surface area is 169 Å². The Hall–Kier alpha value is -1.65. The Morgan fingerprint density at radius 1 is 1.07 bits per heavy atom. The van der Waals surface area contributed by atoms with Crippen LogP contribution in [0.2, 0.25) is 0 Å². The lowest BCUT2D eigenvalue weighted by Crippen LogP contribution is -2.36. The van der Waals surface area contributed by atoms with Crippen molar-refractivity contribution in [3.63, 3.8) is 0 Å². The maximum absolute atomic E-state index is 13.3. The molecule has 4 heteroatoms. The summed E-state index contributed by atoms with van der Waals surface area (Å²) in [5.41, 5.74) is 4.93. The van der Waals surface area contributed by atoms with Gasteiger partial charge in [0.05, 0.1) is 16.6 Å². The number of likely N-dealkylation sites (tertiary alicyclic amines) is 1. The normalized spacial score (nSPS) is 25.0. The van der Waals surface area contributed by atoms with Gasteiger partial charge in [-0.2, -0.15) is 4.74 Å². The van der Waals surface area contributed by atoms with E-state index in [2.05, 4.69) is 56.9 Å². The Bertz CT molecular complexity index is 827. The maximum Gasteiger partial charge on any atom is 0.225 e. The highest BCUT2D eigenvalue weighted by atomic mass is 16.5. The summed E-state index contributed by atoms with van der Waals surface area (Å²) in [5, 5.41) is 13.3. The fraction of sp³-hybridized carbons (Fsp3) is 0.625. The highest BCUT2D eigenvalue weighted by Crippen LogP contribution is 2.50. The molecule has 1 fully saturated rings. The van der Waals surface area contributed by atoms with Crippen LogP contribution in [-0.4, -0.2) is 35.5 Å². The van der Waals surface area contributed by atoms with Crippen LogP contribution in [-0.2, 0) is 4.74 Å². The number of hydrogen-bond acceptors (Lipinski definition) is 3. The predicted molar refractivity (Wildman–Crippen MR) is 115 cm³/mol. The van der Waals surface area contributed by atoms with Gasteiger partial charge < -0.3 is 9.94 Å². The second-order valence-electron chi connectivity index (χ2n) is 10.1. The summed E-state index contributed by atoms with van der Waals surface area (Å²) in [7, 11) is 1.78. The summed E-state index contributed by atoms with van der Waals surface area (Å²) in [4.78, 5) is 2.42. The van der Waals surface area contributed by atoms with Crippen molar-refractivity contribution in [3.8, 4) is 0 Å². The minimum atomic E-state index is -0.139. The maximum atomic E-state index is 13.3. The molecule has 0 bridgehead atoms. The summed E-state index contributed by atoms with van der Waals surface area (Å²) < 4.78 is 7.09. The smallest absolute Gasteiger partial charge is 0.225 e. The molecule has 1 atom stereocenters. The van der Waals surface area contributed by atoms with Gasteiger partial charge >= 0.3 is 0 Å². The molecule has 1 aliphatic carbocycles. The van der Waals surface area contributed by atoms with Crippen molar-refractivity contribution in [3.05, 3.63) is 40.6 Å². The van der Waals surface area contributed by atoms with E-state index in [1.165, 1.54) is 30.4 Å². The molecule has 1 unspecified atom stereocenters. The number of methoxy groups -OCH3 is 1. The molecular formula is C24H34N2O2. The molecular weight excluding hydrogens is 348 g/mol. The molecule has 0 spiro atoms. The summed E-state index contributed by atoms with van der Waals surface area (Å²) >= 11 is 0. The lowest BCUT2D eigenvalue weighted by Gasteiger charge is -2.36. The van der Waals surface area contributed by atoms with Crippen molar-refractivity contribution in [1.29, 1.82) is 0 Å². The first kappa shape index (κ1) is 19.7. The second-order valence-corrected chi connectivity index (χ2v) is 10.1. The summed E-state index contributed by atoms with van der Waals surface area (Å²) in [6.07, 6.45) is 8.22. The molecule has 0 saturated carbocycles. The average molecular weight is 383 g/mol. The molecule has 152 valence electrons. The molecule has 1 aromatic rings. The van der Waals surface area contributed by atoms with Crippen molar-refractivity contribution in [2.75, 3.05) is 20.2 Å². The van der Waals surface area contributed by atoms with E-state index in [-0.39, 0.29) is 17.1 Å². The van der Waals surface area contributed by atoms with Crippen LogP contribution >= 0.6 is 0 Å². The molecule has 28 heavy (non-hydrogen) atoms. The van der Waals surface area contributed by atoms with Crippen LogP contribution in [0.3, 0.4) is 0 Å². The minimum Gasteiger partial charge on any atom is -0.618 e. The molecule has 1 saturated heterocycles. The predicted octanol–water partition coefficient (Wildman–Crippen LogP) is 5.64. The first-order chi connectivity index (χ1) is 13.2. The van der Waals surface area contributed by atoms with Gasteiger partial charge in [0.1, 0.15) is 6.23 Å². The van der Waals surface area contributed by atoms with Crippen molar-refractivity contribution >= 4 is 17.0 Å². The molecule has 4 rings (SSSR count). The van der Waals surface area contributed by atoms with Crippen molar-refractivity contribution in [1.82, 2.24) is 4.90 Å². The number of allylic oxidation sites excluding steroid dienone is 2. The Balaban J connectivity index is 1.76. The second kappa shape index (κ2) is 7.00. The number of benzene rings is 1. The molecule has 2 aliphatic heterocycles. The van der Waals surface area contributed by atoms with Crippen LogP contribution in [0.5, 0.6) is 0 Å². The largest absolute Gasteiger partial charge is 0.618 e. The Morgan fingerprint density at radius 3 is 2.39 bits per heavy atom. The van der Waals surface area contributed by atoms with Gasteiger partial charge in [-0.15, -0.1) is 0 Å². The van der Waals surface area contributed by atoms with Crippen LogP contribution in [0.1, 0.15) is 77.2 Å². The highest BCUT2D eigenvalue weighted by molar-refractivity contribution is 6.27. The van der Waals surface area contributed by atoms with Gasteiger partial charge in [-0.1, -0.05) is 38.8 Å². The van der Waals surface area contributed by atoms with Crippen LogP contribution < -0.4 is 0 Å². The topological polar surface area (TPSA) is 38.5 Å². The zero-order chi connectivity index (χ0) is 20.1. The van der Waals surface area contributed by atoms with E-state index in [0.717, 1.165) is 47.6 Å². The van der Waals surface area contributed by atoms with Gasteiger partial charge in [0, 0.05) is 31.8 Å². The highest BCUT2D eigenvalue weighted by Gasteiger charge is 2.48. The third kappa shape index (κ3) is 3.31. The minimum absolute atomic E-state index is 0.0807.